The SMILES string of the molecule is Cc1cc2c(cc1F)nc(N1CCN(C)CC1)c1nnnn12. The number of nitrogens with zero attached hydrogens (tertiary/aromatic N) is 7. The van der Waals surface area contributed by atoms with Crippen molar-refractivity contribution in [2.45, 2.75) is 6.92 Å². The molecule has 0 spiro atoms. The molecule has 0 N–H and O–H groups in total. The number of aryl methyl sites for hydroxylation is 1. The van der Waals surface area contributed by atoms with E-state index in [4.69, 9.17) is 0 Å². The van der Waals surface area contributed by atoms with Crippen molar-refractivity contribution < 1.29 is 4.39 Å². The molecule has 3 heterocycles. The first-order valence-electron chi connectivity index (χ1n) is 7.25. The molecule has 0 unspecified atom stereocenters. The minimum absolute atomic E-state index is 0.267. The zero-order chi connectivity index (χ0) is 15.3. The van der Waals surface area contributed by atoms with Crippen molar-refractivity contribution in [2.75, 3.05) is 38.1 Å². The molecule has 1 aliphatic rings. The van der Waals surface area contributed by atoms with Crippen LogP contribution in [0.3, 0.4) is 0 Å². The van der Waals surface area contributed by atoms with E-state index < -0.39 is 0 Å². The van der Waals surface area contributed by atoms with E-state index in [2.05, 4.69) is 37.4 Å². The molecule has 1 fully saturated rings. The fraction of sp³-hybridized carbons (Fsp3) is 0.429. The van der Waals surface area contributed by atoms with Gasteiger partial charge in [0, 0.05) is 32.2 Å². The molecule has 1 aliphatic heterocycles. The standard InChI is InChI=1S/C14H16FN7/c1-9-7-12-11(8-10(9)15)16-13(14-17-18-19-22(12)14)21-5-3-20(2)4-6-21/h7-8H,3-6H2,1-2H3. The molecule has 1 aromatic carbocycles. The van der Waals surface area contributed by atoms with Crippen molar-refractivity contribution in [3.05, 3.63) is 23.5 Å². The molecule has 1 saturated heterocycles. The maximum absolute atomic E-state index is 13.9. The van der Waals surface area contributed by atoms with Crippen LogP contribution in [0.5, 0.6) is 0 Å². The summed E-state index contributed by atoms with van der Waals surface area (Å²) in [5, 5.41) is 11.9. The third-order valence-electron chi connectivity index (χ3n) is 4.18. The van der Waals surface area contributed by atoms with Crippen LogP contribution in [0.4, 0.5) is 10.2 Å². The fourth-order valence-corrected chi connectivity index (χ4v) is 2.80. The monoisotopic (exact) mass is 301 g/mol. The Morgan fingerprint density at radius 1 is 1.14 bits per heavy atom. The number of halogens is 1. The molecule has 8 heteroatoms. The first-order chi connectivity index (χ1) is 10.6. The average Bonchev–Trinajstić information content (AvgIpc) is 2.99. The molecule has 0 amide bonds. The predicted molar refractivity (Wildman–Crippen MR) is 80.5 cm³/mol. The molecule has 0 radical (unpaired) electrons. The smallest absolute Gasteiger partial charge is 0.222 e. The molecule has 2 aromatic heterocycles. The number of likely N-dealkylation sites (N-methyl/N-ethyl adjacent to an activating group) is 1. The summed E-state index contributed by atoms with van der Waals surface area (Å²) in [6.45, 7) is 5.34. The van der Waals surface area contributed by atoms with Gasteiger partial charge in [0.15, 0.2) is 5.82 Å². The minimum Gasteiger partial charge on any atom is -0.351 e. The number of rotatable bonds is 1. The van der Waals surface area contributed by atoms with Gasteiger partial charge in [0.1, 0.15) is 5.82 Å². The maximum atomic E-state index is 13.9. The highest BCUT2D eigenvalue weighted by Crippen LogP contribution is 2.25. The number of anilines is 1. The molecule has 0 saturated carbocycles. The minimum atomic E-state index is -0.267. The quantitative estimate of drug-likeness (QED) is 0.665. The Hall–Kier alpha value is -2.35. The lowest BCUT2D eigenvalue weighted by Crippen LogP contribution is -2.45. The third-order valence-corrected chi connectivity index (χ3v) is 4.18. The van der Waals surface area contributed by atoms with Crippen molar-refractivity contribution >= 4 is 22.5 Å². The summed E-state index contributed by atoms with van der Waals surface area (Å²) in [7, 11) is 2.09. The normalized spacial score (nSPS) is 16.8. The van der Waals surface area contributed by atoms with Crippen LogP contribution in [0.25, 0.3) is 16.7 Å². The van der Waals surface area contributed by atoms with Crippen LogP contribution in [0.2, 0.25) is 0 Å². The molecule has 0 aliphatic carbocycles. The van der Waals surface area contributed by atoms with Gasteiger partial charge >= 0.3 is 0 Å². The lowest BCUT2D eigenvalue weighted by atomic mass is 10.2. The number of benzene rings is 1. The van der Waals surface area contributed by atoms with Gasteiger partial charge in [-0.3, -0.25) is 0 Å². The van der Waals surface area contributed by atoms with E-state index in [0.717, 1.165) is 31.7 Å². The van der Waals surface area contributed by atoms with Gasteiger partial charge in [-0.2, -0.15) is 4.52 Å². The highest BCUT2D eigenvalue weighted by molar-refractivity contribution is 5.83. The third kappa shape index (κ3) is 1.98. The highest BCUT2D eigenvalue weighted by atomic mass is 19.1. The summed E-state index contributed by atoms with van der Waals surface area (Å²) in [5.41, 5.74) is 2.45. The van der Waals surface area contributed by atoms with E-state index in [0.29, 0.717) is 22.5 Å². The van der Waals surface area contributed by atoms with Crippen LogP contribution >= 0.6 is 0 Å². The van der Waals surface area contributed by atoms with E-state index in [1.807, 2.05) is 0 Å². The van der Waals surface area contributed by atoms with Gasteiger partial charge in [-0.1, -0.05) is 0 Å². The summed E-state index contributed by atoms with van der Waals surface area (Å²) in [6, 6.07) is 3.18. The van der Waals surface area contributed by atoms with Gasteiger partial charge in [0.05, 0.1) is 11.0 Å². The van der Waals surface area contributed by atoms with Crippen LogP contribution in [-0.4, -0.2) is 63.2 Å². The van der Waals surface area contributed by atoms with E-state index in [1.54, 1.807) is 17.5 Å². The predicted octanol–water partition coefficient (Wildman–Crippen LogP) is 0.872. The lowest BCUT2D eigenvalue weighted by molar-refractivity contribution is 0.312. The van der Waals surface area contributed by atoms with Crippen LogP contribution in [0.15, 0.2) is 12.1 Å². The molecule has 7 nitrogen and oxygen atoms in total. The molecule has 0 bridgehead atoms. The maximum Gasteiger partial charge on any atom is 0.222 e. The Morgan fingerprint density at radius 2 is 1.91 bits per heavy atom. The summed E-state index contributed by atoms with van der Waals surface area (Å²) < 4.78 is 15.5. The fourth-order valence-electron chi connectivity index (χ4n) is 2.80. The second-order valence-corrected chi connectivity index (χ2v) is 5.73. The van der Waals surface area contributed by atoms with Gasteiger partial charge < -0.3 is 9.80 Å². The van der Waals surface area contributed by atoms with Crippen LogP contribution in [0.1, 0.15) is 5.56 Å². The van der Waals surface area contributed by atoms with Gasteiger partial charge in [0.2, 0.25) is 5.65 Å². The zero-order valence-corrected chi connectivity index (χ0v) is 12.5. The summed E-state index contributed by atoms with van der Waals surface area (Å²) in [6.07, 6.45) is 0. The highest BCUT2D eigenvalue weighted by Gasteiger charge is 2.21. The second-order valence-electron chi connectivity index (χ2n) is 5.73. The van der Waals surface area contributed by atoms with Gasteiger partial charge in [-0.15, -0.1) is 5.10 Å². The summed E-state index contributed by atoms with van der Waals surface area (Å²) in [4.78, 5) is 9.05. The number of hydrogen-bond donors (Lipinski definition) is 0. The van der Waals surface area contributed by atoms with Crippen molar-refractivity contribution in [3.8, 4) is 0 Å². The van der Waals surface area contributed by atoms with E-state index >= 15 is 0 Å². The lowest BCUT2D eigenvalue weighted by Gasteiger charge is -2.33. The molecule has 3 aromatic rings. The second kappa shape index (κ2) is 4.84. The molecule has 22 heavy (non-hydrogen) atoms. The van der Waals surface area contributed by atoms with Crippen LogP contribution < -0.4 is 4.90 Å². The number of hydrogen-bond acceptors (Lipinski definition) is 6. The van der Waals surface area contributed by atoms with Crippen molar-refractivity contribution in [1.29, 1.82) is 0 Å². The van der Waals surface area contributed by atoms with Crippen LogP contribution in [0, 0.1) is 12.7 Å². The number of aromatic nitrogens is 5. The Labute approximate surface area is 126 Å². The van der Waals surface area contributed by atoms with Crippen molar-refractivity contribution in [2.24, 2.45) is 0 Å². The van der Waals surface area contributed by atoms with Crippen molar-refractivity contribution in [1.82, 2.24) is 29.9 Å². The molecule has 114 valence electrons. The van der Waals surface area contributed by atoms with Gasteiger partial charge in [-0.25, -0.2) is 9.37 Å². The van der Waals surface area contributed by atoms with E-state index in [9.17, 15) is 4.39 Å². The van der Waals surface area contributed by atoms with Gasteiger partial charge in [-0.05, 0) is 36.0 Å². The topological polar surface area (TPSA) is 62.5 Å². The number of tetrazole rings is 1. The Kier molecular flexibility index (Phi) is 2.93. The Balaban J connectivity index is 1.93. The molecular formula is C14H16FN7. The summed E-state index contributed by atoms with van der Waals surface area (Å²) >= 11 is 0. The zero-order valence-electron chi connectivity index (χ0n) is 12.5. The summed E-state index contributed by atoms with van der Waals surface area (Å²) in [5.74, 6) is 0.450. The first kappa shape index (κ1) is 13.3. The van der Waals surface area contributed by atoms with E-state index in [1.165, 1.54) is 6.07 Å². The Bertz CT molecular complexity index is 851. The van der Waals surface area contributed by atoms with Gasteiger partial charge in [0.25, 0.3) is 0 Å². The van der Waals surface area contributed by atoms with Crippen LogP contribution in [-0.2, 0) is 0 Å². The largest absolute Gasteiger partial charge is 0.351 e. The number of piperazine rings is 1. The van der Waals surface area contributed by atoms with E-state index in [-0.39, 0.29) is 5.82 Å². The number of fused-ring (bicyclic) bond motifs is 3. The first-order valence-corrected chi connectivity index (χ1v) is 7.25. The molecule has 0 atom stereocenters. The Morgan fingerprint density at radius 3 is 2.68 bits per heavy atom. The molecular weight excluding hydrogens is 285 g/mol. The van der Waals surface area contributed by atoms with Crippen molar-refractivity contribution in [3.63, 3.8) is 0 Å². The molecule has 4 rings (SSSR count). The average molecular weight is 301 g/mol.